The maximum atomic E-state index is 11.7. The summed E-state index contributed by atoms with van der Waals surface area (Å²) in [7, 11) is 0. The Kier molecular flexibility index (Phi) is 5.53. The van der Waals surface area contributed by atoms with E-state index in [9.17, 15) is 14.4 Å². The monoisotopic (exact) mass is 259 g/mol. The Hall–Kier alpha value is -1.67. The summed E-state index contributed by atoms with van der Waals surface area (Å²) in [6, 6.07) is -0.153. The van der Waals surface area contributed by atoms with E-state index in [1.54, 1.807) is 0 Å². The molecule has 0 spiro atoms. The van der Waals surface area contributed by atoms with E-state index in [0.29, 0.717) is 19.6 Å². The summed E-state index contributed by atoms with van der Waals surface area (Å²) in [5, 5.41) is 11.4. The van der Waals surface area contributed by atoms with Crippen LogP contribution in [-0.4, -0.2) is 66.7 Å². The van der Waals surface area contributed by atoms with E-state index < -0.39 is 18.5 Å². The highest BCUT2D eigenvalue weighted by molar-refractivity contribution is 5.78. The van der Waals surface area contributed by atoms with E-state index in [0.717, 1.165) is 0 Å². The highest BCUT2D eigenvalue weighted by Crippen LogP contribution is 2.03. The standard InChI is InChI=1S/C10H17N3O5/c11-8(14)3-7-4-13(2-1-12-7)9(15)5-18-6-10(16)17/h7,12H,1-6H2,(H2,11,14)(H,16,17). The molecule has 0 saturated carbocycles. The van der Waals surface area contributed by atoms with Gasteiger partial charge in [-0.1, -0.05) is 0 Å². The van der Waals surface area contributed by atoms with Crippen molar-refractivity contribution < 1.29 is 24.2 Å². The lowest BCUT2D eigenvalue weighted by Crippen LogP contribution is -2.54. The van der Waals surface area contributed by atoms with Crippen molar-refractivity contribution >= 4 is 17.8 Å². The molecule has 0 radical (unpaired) electrons. The van der Waals surface area contributed by atoms with Crippen molar-refractivity contribution in [3.8, 4) is 0 Å². The largest absolute Gasteiger partial charge is 0.480 e. The van der Waals surface area contributed by atoms with Crippen LogP contribution in [0.5, 0.6) is 0 Å². The van der Waals surface area contributed by atoms with Gasteiger partial charge in [0.2, 0.25) is 11.8 Å². The van der Waals surface area contributed by atoms with Crippen LogP contribution in [0, 0.1) is 0 Å². The molecule has 8 nitrogen and oxygen atoms in total. The molecule has 1 rings (SSSR count). The number of hydrogen-bond acceptors (Lipinski definition) is 5. The Morgan fingerprint density at radius 3 is 2.72 bits per heavy atom. The highest BCUT2D eigenvalue weighted by Gasteiger charge is 2.24. The number of carboxylic acid groups (broad SMARTS) is 1. The predicted octanol–water partition coefficient (Wildman–Crippen LogP) is -2.24. The van der Waals surface area contributed by atoms with Gasteiger partial charge in [0.1, 0.15) is 13.2 Å². The molecule has 0 aliphatic carbocycles. The smallest absolute Gasteiger partial charge is 0.329 e. The van der Waals surface area contributed by atoms with E-state index >= 15 is 0 Å². The molecule has 8 heteroatoms. The first-order valence-electron chi connectivity index (χ1n) is 5.58. The maximum absolute atomic E-state index is 11.7. The number of primary amides is 1. The van der Waals surface area contributed by atoms with Crippen LogP contribution in [0.15, 0.2) is 0 Å². The van der Waals surface area contributed by atoms with Crippen molar-refractivity contribution in [2.24, 2.45) is 5.73 Å². The second-order valence-corrected chi connectivity index (χ2v) is 4.05. The maximum Gasteiger partial charge on any atom is 0.329 e. The minimum Gasteiger partial charge on any atom is -0.480 e. The molecule has 1 aliphatic heterocycles. The zero-order chi connectivity index (χ0) is 13.5. The Morgan fingerprint density at radius 2 is 2.11 bits per heavy atom. The van der Waals surface area contributed by atoms with Crippen LogP contribution in [0.1, 0.15) is 6.42 Å². The van der Waals surface area contributed by atoms with Gasteiger partial charge in [0.15, 0.2) is 0 Å². The fourth-order valence-corrected chi connectivity index (χ4v) is 1.75. The van der Waals surface area contributed by atoms with E-state index in [1.807, 2.05) is 0 Å². The molecule has 0 aromatic rings. The summed E-state index contributed by atoms with van der Waals surface area (Å²) >= 11 is 0. The molecule has 4 N–H and O–H groups in total. The number of hydrogen-bond donors (Lipinski definition) is 3. The number of nitrogens with zero attached hydrogens (tertiary/aromatic N) is 1. The van der Waals surface area contributed by atoms with E-state index in [-0.39, 0.29) is 25.0 Å². The van der Waals surface area contributed by atoms with E-state index in [1.165, 1.54) is 4.90 Å². The number of nitrogens with one attached hydrogen (secondary N) is 1. The third-order valence-electron chi connectivity index (χ3n) is 2.51. The normalized spacial score (nSPS) is 19.6. The minimum absolute atomic E-state index is 0.153. The molecule has 1 fully saturated rings. The molecule has 1 atom stereocenters. The number of nitrogens with two attached hydrogens (primary N) is 1. The Balaban J connectivity index is 2.33. The van der Waals surface area contributed by atoms with Crippen LogP contribution >= 0.6 is 0 Å². The van der Waals surface area contributed by atoms with Crippen LogP contribution in [0.25, 0.3) is 0 Å². The van der Waals surface area contributed by atoms with E-state index in [4.69, 9.17) is 15.6 Å². The molecule has 1 heterocycles. The first-order valence-corrected chi connectivity index (χ1v) is 5.58. The number of carbonyl (C=O) groups excluding carboxylic acids is 2. The van der Waals surface area contributed by atoms with Gasteiger partial charge < -0.3 is 25.8 Å². The molecular weight excluding hydrogens is 242 g/mol. The molecule has 2 amide bonds. The summed E-state index contributed by atoms with van der Waals surface area (Å²) < 4.78 is 4.72. The van der Waals surface area contributed by atoms with Gasteiger partial charge in [-0.05, 0) is 0 Å². The summed E-state index contributed by atoms with van der Waals surface area (Å²) in [4.78, 5) is 34.2. The van der Waals surface area contributed by atoms with Gasteiger partial charge in [0, 0.05) is 32.1 Å². The Morgan fingerprint density at radius 1 is 1.39 bits per heavy atom. The topological polar surface area (TPSA) is 122 Å². The summed E-state index contributed by atoms with van der Waals surface area (Å²) in [6.45, 7) is 0.684. The van der Waals surface area contributed by atoms with Crippen molar-refractivity contribution in [3.63, 3.8) is 0 Å². The molecule has 1 aliphatic rings. The fourth-order valence-electron chi connectivity index (χ4n) is 1.75. The summed E-state index contributed by atoms with van der Waals surface area (Å²) in [6.07, 6.45) is 0.166. The molecule has 1 saturated heterocycles. The summed E-state index contributed by atoms with van der Waals surface area (Å²) in [5.41, 5.74) is 5.09. The summed E-state index contributed by atoms with van der Waals surface area (Å²) in [5.74, 6) is -1.83. The predicted molar refractivity (Wildman–Crippen MR) is 60.6 cm³/mol. The fraction of sp³-hybridized carbons (Fsp3) is 0.700. The molecule has 1 unspecified atom stereocenters. The first kappa shape index (κ1) is 14.4. The molecule has 0 aromatic carbocycles. The van der Waals surface area contributed by atoms with Gasteiger partial charge in [-0.15, -0.1) is 0 Å². The van der Waals surface area contributed by atoms with Gasteiger partial charge in [0.05, 0.1) is 0 Å². The van der Waals surface area contributed by atoms with Crippen LogP contribution in [0.4, 0.5) is 0 Å². The van der Waals surface area contributed by atoms with Gasteiger partial charge in [0.25, 0.3) is 0 Å². The number of carbonyl (C=O) groups is 3. The number of aliphatic carboxylic acids is 1. The number of ether oxygens (including phenoxy) is 1. The van der Waals surface area contributed by atoms with Gasteiger partial charge in [-0.3, -0.25) is 9.59 Å². The van der Waals surface area contributed by atoms with Crippen molar-refractivity contribution in [2.75, 3.05) is 32.8 Å². The SMILES string of the molecule is NC(=O)CC1CN(C(=O)COCC(=O)O)CCN1. The third-order valence-corrected chi connectivity index (χ3v) is 2.51. The lowest BCUT2D eigenvalue weighted by atomic mass is 10.1. The first-order chi connectivity index (χ1) is 8.49. The Labute approximate surface area is 104 Å². The second kappa shape index (κ2) is 6.92. The number of rotatable bonds is 6. The van der Waals surface area contributed by atoms with Crippen molar-refractivity contribution in [3.05, 3.63) is 0 Å². The molecule has 18 heavy (non-hydrogen) atoms. The van der Waals surface area contributed by atoms with Crippen LogP contribution in [0.2, 0.25) is 0 Å². The molecule has 102 valence electrons. The van der Waals surface area contributed by atoms with Gasteiger partial charge in [-0.2, -0.15) is 0 Å². The van der Waals surface area contributed by atoms with Crippen molar-refractivity contribution in [2.45, 2.75) is 12.5 Å². The number of carboxylic acids is 1. The molecule has 0 bridgehead atoms. The molecular formula is C10H17N3O5. The quantitative estimate of drug-likeness (QED) is 0.496. The zero-order valence-electron chi connectivity index (χ0n) is 9.92. The second-order valence-electron chi connectivity index (χ2n) is 4.05. The third kappa shape index (κ3) is 5.11. The lowest BCUT2D eigenvalue weighted by molar-refractivity contribution is -0.146. The Bertz CT molecular complexity index is 333. The highest BCUT2D eigenvalue weighted by atomic mass is 16.5. The lowest BCUT2D eigenvalue weighted by Gasteiger charge is -2.33. The average molecular weight is 259 g/mol. The molecule has 0 aromatic heterocycles. The van der Waals surface area contributed by atoms with Crippen molar-refractivity contribution in [1.29, 1.82) is 0 Å². The van der Waals surface area contributed by atoms with Gasteiger partial charge in [-0.25, -0.2) is 4.79 Å². The van der Waals surface area contributed by atoms with E-state index in [2.05, 4.69) is 5.32 Å². The van der Waals surface area contributed by atoms with Crippen molar-refractivity contribution in [1.82, 2.24) is 10.2 Å². The average Bonchev–Trinajstić information content (AvgIpc) is 2.27. The minimum atomic E-state index is -1.12. The van der Waals surface area contributed by atoms with Crippen LogP contribution in [-0.2, 0) is 19.1 Å². The van der Waals surface area contributed by atoms with Crippen LogP contribution < -0.4 is 11.1 Å². The number of amides is 2. The number of piperazine rings is 1. The zero-order valence-corrected chi connectivity index (χ0v) is 9.92. The van der Waals surface area contributed by atoms with Crippen LogP contribution in [0.3, 0.4) is 0 Å². The van der Waals surface area contributed by atoms with Gasteiger partial charge >= 0.3 is 5.97 Å².